The van der Waals surface area contributed by atoms with E-state index in [1.807, 2.05) is 0 Å². The van der Waals surface area contributed by atoms with E-state index in [-0.39, 0.29) is 18.2 Å². The first-order valence-electron chi connectivity index (χ1n) is 6.01. The number of methoxy groups -OCH3 is 1. The van der Waals surface area contributed by atoms with Crippen molar-refractivity contribution in [3.05, 3.63) is 23.2 Å². The molecule has 1 aliphatic rings. The minimum absolute atomic E-state index is 0.149. The fourth-order valence-electron chi connectivity index (χ4n) is 2.09. The summed E-state index contributed by atoms with van der Waals surface area (Å²) >= 11 is 6.01. The molecular weight excluding hydrogens is 268 g/mol. The minimum atomic E-state index is -0.517. The first-order valence-corrected chi connectivity index (χ1v) is 6.39. The molecule has 1 heterocycles. The summed E-state index contributed by atoms with van der Waals surface area (Å²) in [5, 5.41) is 3.48. The number of likely N-dealkylation sites (N-methyl/N-ethyl adjacent to an activating group) is 1. The number of nitrogens with one attached hydrogen (secondary N) is 1. The SMILES string of the molecule is CCN1C(=O)CC(Nc2ccc(OC)c(Cl)c2)C1=O. The van der Waals surface area contributed by atoms with Gasteiger partial charge >= 0.3 is 0 Å². The Morgan fingerprint density at radius 2 is 2.21 bits per heavy atom. The van der Waals surface area contributed by atoms with Crippen LogP contribution < -0.4 is 10.1 Å². The molecule has 1 N–H and O–H groups in total. The Kier molecular flexibility index (Phi) is 3.95. The molecule has 1 saturated heterocycles. The molecule has 1 aliphatic heterocycles. The van der Waals surface area contributed by atoms with E-state index in [1.54, 1.807) is 25.1 Å². The number of likely N-dealkylation sites (tertiary alicyclic amines) is 1. The fraction of sp³-hybridized carbons (Fsp3) is 0.385. The van der Waals surface area contributed by atoms with Gasteiger partial charge in [-0.25, -0.2) is 0 Å². The first kappa shape index (κ1) is 13.7. The number of benzene rings is 1. The predicted molar refractivity (Wildman–Crippen MR) is 72.4 cm³/mol. The van der Waals surface area contributed by atoms with Gasteiger partial charge in [-0.05, 0) is 25.1 Å². The van der Waals surface area contributed by atoms with Crippen molar-refractivity contribution in [2.45, 2.75) is 19.4 Å². The van der Waals surface area contributed by atoms with Crippen LogP contribution >= 0.6 is 11.6 Å². The Morgan fingerprint density at radius 3 is 2.74 bits per heavy atom. The Labute approximate surface area is 116 Å². The van der Waals surface area contributed by atoms with Crippen molar-refractivity contribution < 1.29 is 14.3 Å². The number of carbonyl (C=O) groups is 2. The molecule has 6 heteroatoms. The topological polar surface area (TPSA) is 58.6 Å². The summed E-state index contributed by atoms with van der Waals surface area (Å²) in [6, 6.07) is 4.63. The van der Waals surface area contributed by atoms with Crippen LogP contribution in [0.3, 0.4) is 0 Å². The maximum atomic E-state index is 11.9. The van der Waals surface area contributed by atoms with Gasteiger partial charge in [0, 0.05) is 12.2 Å². The summed E-state index contributed by atoms with van der Waals surface area (Å²) in [6.45, 7) is 2.18. The molecule has 0 aromatic heterocycles. The zero-order valence-electron chi connectivity index (χ0n) is 10.8. The monoisotopic (exact) mass is 282 g/mol. The molecule has 102 valence electrons. The van der Waals surface area contributed by atoms with Crippen molar-refractivity contribution in [1.82, 2.24) is 4.90 Å². The van der Waals surface area contributed by atoms with Crippen LogP contribution in [-0.4, -0.2) is 36.4 Å². The Hall–Kier alpha value is -1.75. The third-order valence-corrected chi connectivity index (χ3v) is 3.35. The summed E-state index contributed by atoms with van der Waals surface area (Å²) in [7, 11) is 1.53. The van der Waals surface area contributed by atoms with Crippen molar-refractivity contribution in [1.29, 1.82) is 0 Å². The highest BCUT2D eigenvalue weighted by atomic mass is 35.5. The molecule has 2 rings (SSSR count). The lowest BCUT2D eigenvalue weighted by Crippen LogP contribution is -2.34. The molecule has 0 saturated carbocycles. The van der Waals surface area contributed by atoms with Gasteiger partial charge in [0.15, 0.2) is 0 Å². The average Bonchev–Trinajstić information content (AvgIpc) is 2.64. The summed E-state index contributed by atoms with van der Waals surface area (Å²) in [4.78, 5) is 24.8. The van der Waals surface area contributed by atoms with Crippen LogP contribution in [-0.2, 0) is 9.59 Å². The van der Waals surface area contributed by atoms with E-state index in [2.05, 4.69) is 5.32 Å². The molecule has 0 spiro atoms. The smallest absolute Gasteiger partial charge is 0.252 e. The number of imide groups is 1. The standard InChI is InChI=1S/C13H15ClN2O3/c1-3-16-12(17)7-10(13(16)18)15-8-4-5-11(19-2)9(14)6-8/h4-6,10,15H,3,7H2,1-2H3. The van der Waals surface area contributed by atoms with Crippen LogP contribution in [0, 0.1) is 0 Å². The van der Waals surface area contributed by atoms with Crippen molar-refractivity contribution in [2.24, 2.45) is 0 Å². The second-order valence-electron chi connectivity index (χ2n) is 4.23. The molecule has 0 radical (unpaired) electrons. The molecule has 5 nitrogen and oxygen atoms in total. The van der Waals surface area contributed by atoms with Gasteiger partial charge in [-0.1, -0.05) is 11.6 Å². The summed E-state index contributed by atoms with van der Waals surface area (Å²) in [5.74, 6) is 0.222. The lowest BCUT2D eigenvalue weighted by molar-refractivity contribution is -0.138. The number of ether oxygens (including phenoxy) is 1. The molecule has 0 aliphatic carbocycles. The van der Waals surface area contributed by atoms with Crippen LogP contribution in [0.1, 0.15) is 13.3 Å². The maximum absolute atomic E-state index is 11.9. The number of rotatable bonds is 4. The van der Waals surface area contributed by atoms with Gasteiger partial charge in [-0.2, -0.15) is 0 Å². The Bertz CT molecular complexity index is 519. The van der Waals surface area contributed by atoms with Crippen LogP contribution in [0.5, 0.6) is 5.75 Å². The molecule has 2 amide bonds. The second kappa shape index (κ2) is 5.48. The van der Waals surface area contributed by atoms with E-state index in [9.17, 15) is 9.59 Å². The largest absolute Gasteiger partial charge is 0.495 e. The van der Waals surface area contributed by atoms with Gasteiger partial charge < -0.3 is 10.1 Å². The number of hydrogen-bond acceptors (Lipinski definition) is 4. The summed E-state index contributed by atoms with van der Waals surface area (Å²) in [5.41, 5.74) is 0.690. The highest BCUT2D eigenvalue weighted by Gasteiger charge is 2.37. The quantitative estimate of drug-likeness (QED) is 0.857. The minimum Gasteiger partial charge on any atom is -0.495 e. The zero-order valence-corrected chi connectivity index (χ0v) is 11.5. The third-order valence-electron chi connectivity index (χ3n) is 3.05. The molecule has 1 atom stereocenters. The van der Waals surface area contributed by atoms with Gasteiger partial charge in [0.25, 0.3) is 5.91 Å². The normalized spacial score (nSPS) is 18.9. The van der Waals surface area contributed by atoms with Crippen molar-refractivity contribution >= 4 is 29.1 Å². The lowest BCUT2D eigenvalue weighted by Gasteiger charge is -2.14. The average molecular weight is 283 g/mol. The van der Waals surface area contributed by atoms with Crippen LogP contribution in [0.4, 0.5) is 5.69 Å². The summed E-state index contributed by atoms with van der Waals surface area (Å²) < 4.78 is 5.05. The highest BCUT2D eigenvalue weighted by Crippen LogP contribution is 2.28. The van der Waals surface area contributed by atoms with E-state index in [0.717, 1.165) is 0 Å². The first-order chi connectivity index (χ1) is 9.06. The third kappa shape index (κ3) is 2.66. The fourth-order valence-corrected chi connectivity index (χ4v) is 2.34. The molecule has 0 bridgehead atoms. The lowest BCUT2D eigenvalue weighted by atomic mass is 10.2. The Morgan fingerprint density at radius 1 is 1.47 bits per heavy atom. The van der Waals surface area contributed by atoms with Crippen LogP contribution in [0.25, 0.3) is 0 Å². The van der Waals surface area contributed by atoms with Gasteiger partial charge in [0.1, 0.15) is 11.8 Å². The number of anilines is 1. The summed E-state index contributed by atoms with van der Waals surface area (Å²) in [6.07, 6.45) is 0.177. The molecule has 19 heavy (non-hydrogen) atoms. The van der Waals surface area contributed by atoms with E-state index in [0.29, 0.717) is 23.0 Å². The highest BCUT2D eigenvalue weighted by molar-refractivity contribution is 6.32. The second-order valence-corrected chi connectivity index (χ2v) is 4.63. The van der Waals surface area contributed by atoms with E-state index in [4.69, 9.17) is 16.3 Å². The molecule has 1 aromatic carbocycles. The van der Waals surface area contributed by atoms with Crippen molar-refractivity contribution in [3.8, 4) is 5.75 Å². The van der Waals surface area contributed by atoms with Gasteiger partial charge in [-0.3, -0.25) is 14.5 Å². The number of hydrogen-bond donors (Lipinski definition) is 1. The number of nitrogens with zero attached hydrogens (tertiary/aromatic N) is 1. The van der Waals surface area contributed by atoms with Crippen molar-refractivity contribution in [2.75, 3.05) is 19.0 Å². The maximum Gasteiger partial charge on any atom is 0.252 e. The molecular formula is C13H15ClN2O3. The van der Waals surface area contributed by atoms with Gasteiger partial charge in [-0.15, -0.1) is 0 Å². The predicted octanol–water partition coefficient (Wildman–Crippen LogP) is 1.91. The number of carbonyl (C=O) groups excluding carboxylic acids is 2. The van der Waals surface area contributed by atoms with E-state index in [1.165, 1.54) is 12.0 Å². The number of amides is 2. The van der Waals surface area contributed by atoms with Crippen LogP contribution in [0.2, 0.25) is 5.02 Å². The molecule has 1 fully saturated rings. The van der Waals surface area contributed by atoms with Crippen LogP contribution in [0.15, 0.2) is 18.2 Å². The number of halogens is 1. The van der Waals surface area contributed by atoms with Gasteiger partial charge in [0.2, 0.25) is 5.91 Å². The zero-order chi connectivity index (χ0) is 14.0. The van der Waals surface area contributed by atoms with E-state index < -0.39 is 6.04 Å². The van der Waals surface area contributed by atoms with Crippen molar-refractivity contribution in [3.63, 3.8) is 0 Å². The van der Waals surface area contributed by atoms with E-state index >= 15 is 0 Å². The Balaban J connectivity index is 2.12. The van der Waals surface area contributed by atoms with Gasteiger partial charge in [0.05, 0.1) is 18.6 Å². The molecule has 1 unspecified atom stereocenters. The molecule has 1 aromatic rings.